The van der Waals surface area contributed by atoms with Crippen molar-refractivity contribution in [2.45, 2.75) is 17.6 Å². The zero-order chi connectivity index (χ0) is 16.1. The number of hydrogen-bond donors (Lipinski definition) is 0. The van der Waals surface area contributed by atoms with Crippen molar-refractivity contribution in [2.24, 2.45) is 0 Å². The van der Waals surface area contributed by atoms with Crippen molar-refractivity contribution < 1.29 is 8.95 Å². The van der Waals surface area contributed by atoms with E-state index in [-0.39, 0.29) is 0 Å². The van der Waals surface area contributed by atoms with Crippen LogP contribution < -0.4 is 4.74 Å². The largest absolute Gasteiger partial charge is 0.494 e. The van der Waals surface area contributed by atoms with E-state index in [4.69, 9.17) is 4.74 Å². The predicted molar refractivity (Wildman–Crippen MR) is 93.1 cm³/mol. The quantitative estimate of drug-likeness (QED) is 0.680. The van der Waals surface area contributed by atoms with Gasteiger partial charge in [-0.15, -0.1) is 10.2 Å². The molecule has 3 aromatic rings. The van der Waals surface area contributed by atoms with Crippen LogP contribution in [0.1, 0.15) is 11.9 Å². The van der Waals surface area contributed by atoms with E-state index in [9.17, 15) is 4.21 Å². The fraction of sp³-hybridized carbons (Fsp3) is 0.176. The van der Waals surface area contributed by atoms with Crippen LogP contribution in [-0.2, 0) is 16.6 Å². The summed E-state index contributed by atoms with van der Waals surface area (Å²) >= 11 is 1.48. The standard InChI is InChI=1S/C17H16N2O2S2/c1-2-21-14-8-10-15(11-9-14)23(20)12-16-18-19-17(22-16)13-6-4-3-5-7-13/h3-11H,2,12H2,1H3. The summed E-state index contributed by atoms with van der Waals surface area (Å²) in [6.07, 6.45) is 0. The van der Waals surface area contributed by atoms with E-state index in [1.165, 1.54) is 11.3 Å². The molecule has 23 heavy (non-hydrogen) atoms. The predicted octanol–water partition coefficient (Wildman–Crippen LogP) is 3.91. The minimum Gasteiger partial charge on any atom is -0.494 e. The van der Waals surface area contributed by atoms with Crippen LogP contribution in [0.25, 0.3) is 10.6 Å². The highest BCUT2D eigenvalue weighted by Gasteiger charge is 2.11. The third-order valence-corrected chi connectivity index (χ3v) is 5.63. The van der Waals surface area contributed by atoms with Crippen LogP contribution in [-0.4, -0.2) is 21.0 Å². The molecule has 0 spiro atoms. The van der Waals surface area contributed by atoms with Gasteiger partial charge in [-0.05, 0) is 31.2 Å². The molecule has 0 bridgehead atoms. The van der Waals surface area contributed by atoms with Crippen molar-refractivity contribution in [3.8, 4) is 16.3 Å². The maximum atomic E-state index is 12.4. The Morgan fingerprint density at radius 3 is 2.48 bits per heavy atom. The van der Waals surface area contributed by atoms with E-state index >= 15 is 0 Å². The molecule has 0 aliphatic rings. The van der Waals surface area contributed by atoms with Gasteiger partial charge in [-0.25, -0.2) is 0 Å². The number of ether oxygens (including phenoxy) is 1. The molecule has 0 radical (unpaired) electrons. The van der Waals surface area contributed by atoms with Gasteiger partial charge in [0, 0.05) is 10.5 Å². The summed E-state index contributed by atoms with van der Waals surface area (Å²) in [7, 11) is -1.14. The molecule has 118 valence electrons. The highest BCUT2D eigenvalue weighted by atomic mass is 32.2. The van der Waals surface area contributed by atoms with Crippen molar-refractivity contribution >= 4 is 22.1 Å². The summed E-state index contributed by atoms with van der Waals surface area (Å²) in [5, 5.41) is 9.97. The third kappa shape index (κ3) is 4.03. The van der Waals surface area contributed by atoms with Gasteiger partial charge in [0.2, 0.25) is 0 Å². The number of rotatable bonds is 6. The molecule has 0 aliphatic carbocycles. The van der Waals surface area contributed by atoms with Crippen molar-refractivity contribution in [2.75, 3.05) is 6.61 Å². The Kier molecular flexibility index (Phi) is 5.15. The highest BCUT2D eigenvalue weighted by molar-refractivity contribution is 7.84. The molecule has 1 atom stereocenters. The third-order valence-electron chi connectivity index (χ3n) is 3.14. The molecule has 2 aromatic carbocycles. The highest BCUT2D eigenvalue weighted by Crippen LogP contribution is 2.25. The summed E-state index contributed by atoms with van der Waals surface area (Å²) in [4.78, 5) is 0.768. The van der Waals surface area contributed by atoms with E-state index in [0.29, 0.717) is 12.4 Å². The minimum atomic E-state index is -1.14. The van der Waals surface area contributed by atoms with Gasteiger partial charge < -0.3 is 4.74 Å². The second-order valence-electron chi connectivity index (χ2n) is 4.76. The SMILES string of the molecule is CCOc1ccc(S(=O)Cc2nnc(-c3ccccc3)s2)cc1. The maximum Gasteiger partial charge on any atom is 0.147 e. The Morgan fingerprint density at radius 1 is 1.04 bits per heavy atom. The average Bonchev–Trinajstić information content (AvgIpc) is 3.05. The molecule has 6 heteroatoms. The number of benzene rings is 2. The van der Waals surface area contributed by atoms with Gasteiger partial charge in [-0.3, -0.25) is 4.21 Å². The summed E-state index contributed by atoms with van der Waals surface area (Å²) in [6.45, 7) is 2.56. The zero-order valence-electron chi connectivity index (χ0n) is 12.6. The lowest BCUT2D eigenvalue weighted by molar-refractivity contribution is 0.340. The summed E-state index contributed by atoms with van der Waals surface area (Å²) < 4.78 is 17.8. The first kappa shape index (κ1) is 15.8. The first-order valence-electron chi connectivity index (χ1n) is 7.25. The van der Waals surface area contributed by atoms with Crippen LogP contribution in [0.5, 0.6) is 5.75 Å². The summed E-state index contributed by atoms with van der Waals surface area (Å²) in [5.74, 6) is 1.16. The molecule has 0 aliphatic heterocycles. The van der Waals surface area contributed by atoms with Crippen LogP contribution in [0, 0.1) is 0 Å². The van der Waals surface area contributed by atoms with E-state index in [1.54, 1.807) is 0 Å². The Bertz CT molecular complexity index is 786. The van der Waals surface area contributed by atoms with Crippen molar-refractivity contribution in [1.29, 1.82) is 0 Å². The Hall–Kier alpha value is -2.05. The van der Waals surface area contributed by atoms with E-state index in [1.807, 2.05) is 61.5 Å². The van der Waals surface area contributed by atoms with Crippen LogP contribution in [0.15, 0.2) is 59.5 Å². The molecule has 1 unspecified atom stereocenters. The smallest absolute Gasteiger partial charge is 0.147 e. The van der Waals surface area contributed by atoms with Crippen molar-refractivity contribution in [3.05, 3.63) is 59.6 Å². The fourth-order valence-corrected chi connectivity index (χ4v) is 4.14. The average molecular weight is 344 g/mol. The van der Waals surface area contributed by atoms with Crippen LogP contribution in [0.3, 0.4) is 0 Å². The number of aromatic nitrogens is 2. The van der Waals surface area contributed by atoms with Gasteiger partial charge in [0.15, 0.2) is 0 Å². The van der Waals surface area contributed by atoms with Crippen LogP contribution in [0.2, 0.25) is 0 Å². The second kappa shape index (κ2) is 7.48. The van der Waals surface area contributed by atoms with Crippen molar-refractivity contribution in [3.63, 3.8) is 0 Å². The fourth-order valence-electron chi connectivity index (χ4n) is 2.06. The van der Waals surface area contributed by atoms with Gasteiger partial charge in [-0.2, -0.15) is 0 Å². The van der Waals surface area contributed by atoms with E-state index in [0.717, 1.165) is 26.2 Å². The van der Waals surface area contributed by atoms with Gasteiger partial charge in [-0.1, -0.05) is 41.7 Å². The normalized spacial score (nSPS) is 12.0. The second-order valence-corrected chi connectivity index (χ2v) is 7.27. The monoisotopic (exact) mass is 344 g/mol. The van der Waals surface area contributed by atoms with Gasteiger partial charge >= 0.3 is 0 Å². The molecule has 1 aromatic heterocycles. The molecule has 1 heterocycles. The van der Waals surface area contributed by atoms with Crippen LogP contribution >= 0.6 is 11.3 Å². The Labute approximate surface area is 141 Å². The maximum absolute atomic E-state index is 12.4. The van der Waals surface area contributed by atoms with Gasteiger partial charge in [0.25, 0.3) is 0 Å². The lowest BCUT2D eigenvalue weighted by Crippen LogP contribution is -1.97. The lowest BCUT2D eigenvalue weighted by atomic mass is 10.2. The van der Waals surface area contributed by atoms with Crippen molar-refractivity contribution in [1.82, 2.24) is 10.2 Å². The minimum absolute atomic E-state index is 0.373. The van der Waals surface area contributed by atoms with E-state index in [2.05, 4.69) is 10.2 Å². The molecule has 0 amide bonds. The topological polar surface area (TPSA) is 52.1 Å². The van der Waals surface area contributed by atoms with E-state index < -0.39 is 10.8 Å². The first-order valence-corrected chi connectivity index (χ1v) is 9.39. The van der Waals surface area contributed by atoms with Gasteiger partial charge in [0.1, 0.15) is 15.8 Å². The first-order chi connectivity index (χ1) is 11.3. The summed E-state index contributed by atoms with van der Waals surface area (Å²) in [6, 6.07) is 17.2. The van der Waals surface area contributed by atoms with Crippen LogP contribution in [0.4, 0.5) is 0 Å². The molecule has 0 saturated carbocycles. The number of hydrogen-bond acceptors (Lipinski definition) is 5. The van der Waals surface area contributed by atoms with Gasteiger partial charge in [0.05, 0.1) is 23.2 Å². The summed E-state index contributed by atoms with van der Waals surface area (Å²) in [5.41, 5.74) is 1.03. The molecule has 0 fully saturated rings. The molecule has 0 N–H and O–H groups in total. The molecular formula is C17H16N2O2S2. The zero-order valence-corrected chi connectivity index (χ0v) is 14.3. The molecule has 3 rings (SSSR count). The molecule has 0 saturated heterocycles. The Morgan fingerprint density at radius 2 is 1.78 bits per heavy atom. The molecule has 4 nitrogen and oxygen atoms in total. The lowest BCUT2D eigenvalue weighted by Gasteiger charge is -2.04. The molecular weight excluding hydrogens is 328 g/mol. The number of nitrogens with zero attached hydrogens (tertiary/aromatic N) is 2. The Balaban J connectivity index is 1.69.